The number of aromatic nitrogens is 2. The van der Waals surface area contributed by atoms with Crippen LogP contribution in [0.15, 0.2) is 36.8 Å². The molecule has 5 heteroatoms. The normalized spacial score (nSPS) is 12.2. The number of imidazole rings is 1. The number of hydrogen-bond acceptors (Lipinski definition) is 3. The number of hydrogen-bond donors (Lipinski definition) is 1. The van der Waals surface area contributed by atoms with Crippen LogP contribution in [-0.2, 0) is 0 Å². The van der Waals surface area contributed by atoms with Crippen LogP contribution in [-0.4, -0.2) is 9.55 Å². The number of nitrogens with zero attached hydrogens (tertiary/aromatic N) is 3. The van der Waals surface area contributed by atoms with Crippen molar-refractivity contribution in [2.75, 3.05) is 5.32 Å². The van der Waals surface area contributed by atoms with Crippen LogP contribution in [0.3, 0.4) is 0 Å². The molecule has 0 aliphatic heterocycles. The quantitative estimate of drug-likeness (QED) is 0.915. The largest absolute Gasteiger partial charge is 0.365 e. The van der Waals surface area contributed by atoms with Crippen LogP contribution in [0.5, 0.6) is 0 Å². The first kappa shape index (κ1) is 13.1. The highest BCUT2D eigenvalue weighted by Crippen LogP contribution is 2.21. The molecule has 0 aliphatic carbocycles. The van der Waals surface area contributed by atoms with Gasteiger partial charge in [-0.15, -0.1) is 0 Å². The summed E-state index contributed by atoms with van der Waals surface area (Å²) in [5, 5.41) is 12.3. The van der Waals surface area contributed by atoms with E-state index >= 15 is 0 Å². The fourth-order valence-corrected chi connectivity index (χ4v) is 1.89. The summed E-state index contributed by atoms with van der Waals surface area (Å²) in [6.45, 7) is 4.03. The van der Waals surface area contributed by atoms with Crippen molar-refractivity contribution in [2.24, 2.45) is 0 Å². The van der Waals surface area contributed by atoms with Crippen molar-refractivity contribution < 1.29 is 4.39 Å². The summed E-state index contributed by atoms with van der Waals surface area (Å²) in [4.78, 5) is 4.07. The van der Waals surface area contributed by atoms with Crippen molar-refractivity contribution in [3.63, 3.8) is 0 Å². The SMILES string of the molecule is CC(C)n1cncc1C(C#N)Nc1cccc(F)c1. The van der Waals surface area contributed by atoms with Crippen molar-refractivity contribution in [3.05, 3.63) is 48.3 Å². The third kappa shape index (κ3) is 2.91. The van der Waals surface area contributed by atoms with E-state index in [1.165, 1.54) is 12.1 Å². The highest BCUT2D eigenvalue weighted by atomic mass is 19.1. The zero-order valence-electron chi connectivity index (χ0n) is 10.8. The first-order valence-electron chi connectivity index (χ1n) is 6.05. The van der Waals surface area contributed by atoms with E-state index < -0.39 is 6.04 Å². The predicted molar refractivity (Wildman–Crippen MR) is 71.0 cm³/mol. The third-order valence-corrected chi connectivity index (χ3v) is 2.81. The molecule has 1 aromatic heterocycles. The van der Waals surface area contributed by atoms with Gasteiger partial charge in [-0.1, -0.05) is 6.07 Å². The highest BCUT2D eigenvalue weighted by Gasteiger charge is 2.16. The average Bonchev–Trinajstić information content (AvgIpc) is 2.85. The average molecular weight is 258 g/mol. The van der Waals surface area contributed by atoms with Gasteiger partial charge >= 0.3 is 0 Å². The molecule has 0 aliphatic rings. The Morgan fingerprint density at radius 2 is 2.21 bits per heavy atom. The molecule has 0 amide bonds. The van der Waals surface area contributed by atoms with Crippen LogP contribution < -0.4 is 5.32 Å². The second-order valence-corrected chi connectivity index (χ2v) is 4.54. The molecule has 0 saturated carbocycles. The molecule has 2 aromatic rings. The first-order chi connectivity index (χ1) is 9.11. The Kier molecular flexibility index (Phi) is 3.81. The molecule has 0 radical (unpaired) electrons. The summed E-state index contributed by atoms with van der Waals surface area (Å²) in [5.74, 6) is -0.334. The first-order valence-corrected chi connectivity index (χ1v) is 6.05. The maximum Gasteiger partial charge on any atom is 0.156 e. The number of halogens is 1. The summed E-state index contributed by atoms with van der Waals surface area (Å²) in [5.41, 5.74) is 1.34. The van der Waals surface area contributed by atoms with Gasteiger partial charge in [0.05, 0.1) is 24.3 Å². The lowest BCUT2D eigenvalue weighted by Gasteiger charge is -2.17. The summed E-state index contributed by atoms with van der Waals surface area (Å²) < 4.78 is 15.0. The van der Waals surface area contributed by atoms with E-state index in [1.54, 1.807) is 24.7 Å². The fraction of sp³-hybridized carbons (Fsp3) is 0.286. The van der Waals surface area contributed by atoms with Crippen LogP contribution >= 0.6 is 0 Å². The van der Waals surface area contributed by atoms with E-state index in [0.29, 0.717) is 5.69 Å². The maximum atomic E-state index is 13.1. The van der Waals surface area contributed by atoms with Gasteiger partial charge in [-0.3, -0.25) is 0 Å². The standard InChI is InChI=1S/C14H15FN4/c1-10(2)19-9-17-8-14(19)13(7-16)18-12-5-3-4-11(15)6-12/h3-6,8-10,13,18H,1-2H3. The van der Waals surface area contributed by atoms with E-state index in [2.05, 4.69) is 16.4 Å². The number of nitrogens with one attached hydrogen (secondary N) is 1. The second kappa shape index (κ2) is 5.53. The van der Waals surface area contributed by atoms with Crippen LogP contribution in [0.4, 0.5) is 10.1 Å². The smallest absolute Gasteiger partial charge is 0.156 e. The monoisotopic (exact) mass is 258 g/mol. The minimum Gasteiger partial charge on any atom is -0.365 e. The van der Waals surface area contributed by atoms with Crippen molar-refractivity contribution in [3.8, 4) is 6.07 Å². The molecule has 1 heterocycles. The molecule has 0 spiro atoms. The molecule has 1 N–H and O–H groups in total. The van der Waals surface area contributed by atoms with Crippen LogP contribution in [0.2, 0.25) is 0 Å². The van der Waals surface area contributed by atoms with E-state index in [4.69, 9.17) is 0 Å². The van der Waals surface area contributed by atoms with Crippen molar-refractivity contribution in [2.45, 2.75) is 25.9 Å². The van der Waals surface area contributed by atoms with Gasteiger partial charge in [-0.25, -0.2) is 9.37 Å². The fourth-order valence-electron chi connectivity index (χ4n) is 1.89. The Morgan fingerprint density at radius 1 is 1.42 bits per heavy atom. The van der Waals surface area contributed by atoms with Gasteiger partial charge in [-0.2, -0.15) is 5.26 Å². The Morgan fingerprint density at radius 3 is 2.84 bits per heavy atom. The summed E-state index contributed by atoms with van der Waals surface area (Å²) in [6.07, 6.45) is 3.35. The lowest BCUT2D eigenvalue weighted by molar-refractivity contribution is 0.570. The van der Waals surface area contributed by atoms with Crippen LogP contribution in [0.1, 0.15) is 31.6 Å². The number of nitriles is 1. The van der Waals surface area contributed by atoms with Gasteiger partial charge in [0.25, 0.3) is 0 Å². The molecule has 0 bridgehead atoms. The molecule has 19 heavy (non-hydrogen) atoms. The van der Waals surface area contributed by atoms with E-state index in [0.717, 1.165) is 5.69 Å². The van der Waals surface area contributed by atoms with E-state index in [-0.39, 0.29) is 11.9 Å². The summed E-state index contributed by atoms with van der Waals surface area (Å²) in [6, 6.07) is 7.88. The Hall–Kier alpha value is -2.35. The lowest BCUT2D eigenvalue weighted by Crippen LogP contribution is -2.15. The molecule has 98 valence electrons. The Balaban J connectivity index is 2.26. The van der Waals surface area contributed by atoms with Crippen molar-refractivity contribution >= 4 is 5.69 Å². The van der Waals surface area contributed by atoms with Crippen molar-refractivity contribution in [1.29, 1.82) is 5.26 Å². The Bertz CT molecular complexity index is 597. The highest BCUT2D eigenvalue weighted by molar-refractivity contribution is 5.46. The predicted octanol–water partition coefficient (Wildman–Crippen LogP) is 3.28. The van der Waals surface area contributed by atoms with Crippen LogP contribution in [0.25, 0.3) is 0 Å². The molecule has 4 nitrogen and oxygen atoms in total. The van der Waals surface area contributed by atoms with E-state index in [9.17, 15) is 9.65 Å². The summed E-state index contributed by atoms with van der Waals surface area (Å²) >= 11 is 0. The molecule has 0 saturated heterocycles. The zero-order valence-corrected chi connectivity index (χ0v) is 10.8. The zero-order chi connectivity index (χ0) is 13.8. The minimum atomic E-state index is -0.563. The van der Waals surface area contributed by atoms with E-state index in [1.807, 2.05) is 18.4 Å². The number of rotatable bonds is 4. The second-order valence-electron chi connectivity index (χ2n) is 4.54. The van der Waals surface area contributed by atoms with Gasteiger partial charge in [0.15, 0.2) is 6.04 Å². The number of benzene rings is 1. The Labute approximate surface area is 111 Å². The number of anilines is 1. The molecule has 1 aromatic carbocycles. The van der Waals surface area contributed by atoms with Gasteiger partial charge in [0, 0.05) is 11.7 Å². The molecule has 1 atom stereocenters. The maximum absolute atomic E-state index is 13.1. The van der Waals surface area contributed by atoms with Gasteiger partial charge in [0.1, 0.15) is 5.82 Å². The molecule has 0 fully saturated rings. The van der Waals surface area contributed by atoms with Gasteiger partial charge in [0.2, 0.25) is 0 Å². The molecular formula is C14H15FN4. The van der Waals surface area contributed by atoms with Gasteiger partial charge in [-0.05, 0) is 32.0 Å². The lowest BCUT2D eigenvalue weighted by atomic mass is 10.2. The van der Waals surface area contributed by atoms with Crippen molar-refractivity contribution in [1.82, 2.24) is 9.55 Å². The minimum absolute atomic E-state index is 0.211. The third-order valence-electron chi connectivity index (χ3n) is 2.81. The summed E-state index contributed by atoms with van der Waals surface area (Å²) in [7, 11) is 0. The molecule has 2 rings (SSSR count). The van der Waals surface area contributed by atoms with Crippen LogP contribution in [0, 0.1) is 17.1 Å². The molecule has 1 unspecified atom stereocenters. The topological polar surface area (TPSA) is 53.6 Å². The van der Waals surface area contributed by atoms with Gasteiger partial charge < -0.3 is 9.88 Å². The molecular weight excluding hydrogens is 243 g/mol.